The molecule has 2 aromatic carbocycles. The minimum absolute atomic E-state index is 0.0920. The second-order valence-corrected chi connectivity index (χ2v) is 5.94. The van der Waals surface area contributed by atoms with Crippen molar-refractivity contribution in [3.8, 4) is 0 Å². The Bertz CT molecular complexity index is 753. The molecule has 0 heterocycles. The first kappa shape index (κ1) is 17.7. The molecule has 0 saturated carbocycles. The Morgan fingerprint density at radius 1 is 1.00 bits per heavy atom. The van der Waals surface area contributed by atoms with E-state index in [0.717, 1.165) is 17.5 Å². The summed E-state index contributed by atoms with van der Waals surface area (Å²) in [5.41, 5.74) is 9.42. The van der Waals surface area contributed by atoms with E-state index in [9.17, 15) is 9.59 Å². The number of hydrogen-bond donors (Lipinski definition) is 1. The third kappa shape index (κ3) is 4.22. The fourth-order valence-electron chi connectivity index (χ4n) is 2.73. The molecule has 0 bridgehead atoms. The van der Waals surface area contributed by atoms with Crippen LogP contribution in [0, 0.1) is 6.92 Å². The Labute approximate surface area is 143 Å². The summed E-state index contributed by atoms with van der Waals surface area (Å²) in [6, 6.07) is 13.3. The summed E-state index contributed by atoms with van der Waals surface area (Å²) in [6.45, 7) is 7.05. The topological polar surface area (TPSA) is 63.4 Å². The molecule has 0 unspecified atom stereocenters. The molecular formula is C20H24N2O2. The SMILES string of the molecule is CCc1cccc(CN(CC)C(=O)c2cc(C)cc(C(N)=O)c2)c1. The number of carbonyl (C=O) groups excluding carboxylic acids is 2. The van der Waals surface area contributed by atoms with Gasteiger partial charge in [0.2, 0.25) is 5.91 Å². The molecule has 0 spiro atoms. The van der Waals surface area contributed by atoms with Crippen molar-refractivity contribution in [3.63, 3.8) is 0 Å². The number of benzene rings is 2. The van der Waals surface area contributed by atoms with E-state index in [1.165, 1.54) is 5.56 Å². The van der Waals surface area contributed by atoms with E-state index in [2.05, 4.69) is 19.1 Å². The lowest BCUT2D eigenvalue weighted by Crippen LogP contribution is -2.30. The summed E-state index contributed by atoms with van der Waals surface area (Å²) in [7, 11) is 0. The van der Waals surface area contributed by atoms with Gasteiger partial charge in [0.05, 0.1) is 0 Å². The third-order valence-electron chi connectivity index (χ3n) is 4.05. The molecule has 0 aliphatic heterocycles. The van der Waals surface area contributed by atoms with Crippen molar-refractivity contribution in [1.29, 1.82) is 0 Å². The van der Waals surface area contributed by atoms with Crippen LogP contribution in [0.5, 0.6) is 0 Å². The minimum Gasteiger partial charge on any atom is -0.366 e. The summed E-state index contributed by atoms with van der Waals surface area (Å²) in [4.78, 5) is 26.0. The Hall–Kier alpha value is -2.62. The Kier molecular flexibility index (Phi) is 5.74. The van der Waals surface area contributed by atoms with Crippen molar-refractivity contribution in [2.24, 2.45) is 5.73 Å². The van der Waals surface area contributed by atoms with E-state index in [1.54, 1.807) is 23.1 Å². The van der Waals surface area contributed by atoms with Crippen LogP contribution in [0.15, 0.2) is 42.5 Å². The lowest BCUT2D eigenvalue weighted by Gasteiger charge is -2.22. The van der Waals surface area contributed by atoms with E-state index in [-0.39, 0.29) is 5.91 Å². The maximum Gasteiger partial charge on any atom is 0.254 e. The lowest BCUT2D eigenvalue weighted by atomic mass is 10.0. The zero-order chi connectivity index (χ0) is 17.7. The summed E-state index contributed by atoms with van der Waals surface area (Å²) in [5.74, 6) is -0.614. The molecule has 2 aromatic rings. The normalized spacial score (nSPS) is 10.5. The highest BCUT2D eigenvalue weighted by molar-refractivity contribution is 5.99. The molecular weight excluding hydrogens is 300 g/mol. The molecule has 4 nitrogen and oxygen atoms in total. The number of nitrogens with zero attached hydrogens (tertiary/aromatic N) is 1. The van der Waals surface area contributed by atoms with Crippen molar-refractivity contribution < 1.29 is 9.59 Å². The molecule has 0 saturated heterocycles. The highest BCUT2D eigenvalue weighted by atomic mass is 16.2. The van der Waals surface area contributed by atoms with Gasteiger partial charge in [0.15, 0.2) is 0 Å². The van der Waals surface area contributed by atoms with Crippen LogP contribution >= 0.6 is 0 Å². The second-order valence-electron chi connectivity index (χ2n) is 5.94. The quantitative estimate of drug-likeness (QED) is 0.886. The molecule has 24 heavy (non-hydrogen) atoms. The van der Waals surface area contributed by atoms with Gasteiger partial charge in [-0.1, -0.05) is 31.2 Å². The highest BCUT2D eigenvalue weighted by Gasteiger charge is 2.16. The first-order chi connectivity index (χ1) is 11.4. The Morgan fingerprint density at radius 3 is 2.29 bits per heavy atom. The van der Waals surface area contributed by atoms with Crippen LogP contribution < -0.4 is 5.73 Å². The summed E-state index contributed by atoms with van der Waals surface area (Å²) in [5, 5.41) is 0. The second kappa shape index (κ2) is 7.77. The van der Waals surface area contributed by atoms with E-state index < -0.39 is 5.91 Å². The largest absolute Gasteiger partial charge is 0.366 e. The van der Waals surface area contributed by atoms with Gasteiger partial charge in [-0.3, -0.25) is 9.59 Å². The van der Waals surface area contributed by atoms with Gasteiger partial charge < -0.3 is 10.6 Å². The molecule has 0 aliphatic carbocycles. The predicted octanol–water partition coefficient (Wildman–Crippen LogP) is 3.32. The first-order valence-electron chi connectivity index (χ1n) is 8.23. The van der Waals surface area contributed by atoms with Gasteiger partial charge in [-0.25, -0.2) is 0 Å². The molecule has 0 aliphatic rings. The van der Waals surface area contributed by atoms with E-state index >= 15 is 0 Å². The van der Waals surface area contributed by atoms with E-state index in [4.69, 9.17) is 5.73 Å². The van der Waals surface area contributed by atoms with Crippen molar-refractivity contribution >= 4 is 11.8 Å². The molecule has 0 atom stereocenters. The summed E-state index contributed by atoms with van der Waals surface area (Å²) < 4.78 is 0. The van der Waals surface area contributed by atoms with Crippen LogP contribution in [-0.2, 0) is 13.0 Å². The smallest absolute Gasteiger partial charge is 0.254 e. The first-order valence-corrected chi connectivity index (χ1v) is 8.23. The standard InChI is InChI=1S/C20H24N2O2/c1-4-15-7-6-8-16(11-15)13-22(5-2)20(24)18-10-14(3)9-17(12-18)19(21)23/h6-12H,4-5,13H2,1-3H3,(H2,21,23). The molecule has 126 valence electrons. The van der Waals surface area contributed by atoms with E-state index in [1.807, 2.05) is 26.0 Å². The number of aryl methyl sites for hydroxylation is 2. The molecule has 2 rings (SSSR count). The van der Waals surface area contributed by atoms with Crippen molar-refractivity contribution in [2.45, 2.75) is 33.7 Å². The van der Waals surface area contributed by atoms with Gasteiger partial charge >= 0.3 is 0 Å². The van der Waals surface area contributed by atoms with E-state index in [0.29, 0.717) is 24.2 Å². The van der Waals surface area contributed by atoms with Gasteiger partial charge in [-0.15, -0.1) is 0 Å². The number of hydrogen-bond acceptors (Lipinski definition) is 2. The molecule has 2 amide bonds. The van der Waals surface area contributed by atoms with Crippen molar-refractivity contribution in [1.82, 2.24) is 4.90 Å². The van der Waals surface area contributed by atoms with Crippen LogP contribution in [0.3, 0.4) is 0 Å². The zero-order valence-electron chi connectivity index (χ0n) is 14.5. The number of nitrogens with two attached hydrogens (primary N) is 1. The monoisotopic (exact) mass is 324 g/mol. The lowest BCUT2D eigenvalue weighted by molar-refractivity contribution is 0.0752. The zero-order valence-corrected chi connectivity index (χ0v) is 14.5. The number of rotatable bonds is 6. The molecule has 0 radical (unpaired) electrons. The number of amides is 2. The van der Waals surface area contributed by atoms with Crippen LogP contribution in [0.1, 0.15) is 51.3 Å². The van der Waals surface area contributed by atoms with Crippen molar-refractivity contribution in [3.05, 3.63) is 70.3 Å². The van der Waals surface area contributed by atoms with Crippen molar-refractivity contribution in [2.75, 3.05) is 6.54 Å². The maximum absolute atomic E-state index is 12.8. The fourth-order valence-corrected chi connectivity index (χ4v) is 2.73. The van der Waals surface area contributed by atoms with Gasteiger partial charge in [-0.05, 0) is 55.2 Å². The van der Waals surface area contributed by atoms with Crippen LogP contribution in [0.2, 0.25) is 0 Å². The predicted molar refractivity (Wildman–Crippen MR) is 95.9 cm³/mol. The van der Waals surface area contributed by atoms with Gasteiger partial charge in [0.25, 0.3) is 5.91 Å². The van der Waals surface area contributed by atoms with Gasteiger partial charge in [0, 0.05) is 24.2 Å². The van der Waals surface area contributed by atoms with Crippen LogP contribution in [0.25, 0.3) is 0 Å². The highest BCUT2D eigenvalue weighted by Crippen LogP contribution is 2.15. The number of primary amides is 1. The van der Waals surface area contributed by atoms with Gasteiger partial charge in [-0.2, -0.15) is 0 Å². The maximum atomic E-state index is 12.8. The number of carbonyl (C=O) groups is 2. The molecule has 4 heteroatoms. The van der Waals surface area contributed by atoms with Crippen LogP contribution in [0.4, 0.5) is 0 Å². The molecule has 2 N–H and O–H groups in total. The molecule has 0 fully saturated rings. The Morgan fingerprint density at radius 2 is 1.67 bits per heavy atom. The average Bonchev–Trinajstić information content (AvgIpc) is 2.58. The Balaban J connectivity index is 2.26. The third-order valence-corrected chi connectivity index (χ3v) is 4.05. The summed E-state index contributed by atoms with van der Waals surface area (Å²) >= 11 is 0. The summed E-state index contributed by atoms with van der Waals surface area (Å²) in [6.07, 6.45) is 0.966. The average molecular weight is 324 g/mol. The minimum atomic E-state index is -0.522. The van der Waals surface area contributed by atoms with Crippen LogP contribution in [-0.4, -0.2) is 23.3 Å². The van der Waals surface area contributed by atoms with Gasteiger partial charge in [0.1, 0.15) is 0 Å². The molecule has 0 aromatic heterocycles. The fraction of sp³-hybridized carbons (Fsp3) is 0.300.